The molecule has 0 radical (unpaired) electrons. The molecule has 1 aromatic rings. The van der Waals surface area contributed by atoms with E-state index in [1.54, 1.807) is 0 Å². The van der Waals surface area contributed by atoms with E-state index in [1.165, 1.54) is 19.3 Å². The van der Waals surface area contributed by atoms with E-state index in [1.807, 2.05) is 11.6 Å². The van der Waals surface area contributed by atoms with E-state index >= 15 is 0 Å². The molecule has 82 valence electrons. The molecular weight excluding hydrogens is 192 g/mol. The summed E-state index contributed by atoms with van der Waals surface area (Å²) in [4.78, 5) is 10.8. The summed E-state index contributed by atoms with van der Waals surface area (Å²) < 4.78 is 1.87. The minimum absolute atomic E-state index is 0.190. The van der Waals surface area contributed by atoms with Crippen molar-refractivity contribution >= 4 is 5.91 Å². The van der Waals surface area contributed by atoms with Gasteiger partial charge in [-0.15, -0.1) is 5.10 Å². The fraction of sp³-hybridized carbons (Fsp3) is 0.700. The van der Waals surface area contributed by atoms with Crippen molar-refractivity contribution in [1.29, 1.82) is 0 Å². The molecule has 1 saturated carbocycles. The third-order valence-corrected chi connectivity index (χ3v) is 2.87. The summed E-state index contributed by atoms with van der Waals surface area (Å²) in [5.74, 6) is 0.528. The van der Waals surface area contributed by atoms with Crippen LogP contribution in [0.1, 0.15) is 30.7 Å². The van der Waals surface area contributed by atoms with Gasteiger partial charge in [0.15, 0.2) is 0 Å². The monoisotopic (exact) mass is 208 g/mol. The molecular formula is C10H16N4O. The van der Waals surface area contributed by atoms with Crippen LogP contribution >= 0.6 is 0 Å². The fourth-order valence-corrected chi connectivity index (χ4v) is 1.65. The molecule has 1 heterocycles. The standard InChI is InChI=1S/C10H16N4O/c1-7-9(6-10(11)15)12-13-14(7)5-4-8-2-3-8/h8H,2-6H2,1H3,(H2,11,15). The first kappa shape index (κ1) is 10.1. The van der Waals surface area contributed by atoms with Gasteiger partial charge in [0.2, 0.25) is 5.91 Å². The van der Waals surface area contributed by atoms with E-state index in [9.17, 15) is 4.79 Å². The number of primary amides is 1. The van der Waals surface area contributed by atoms with Crippen LogP contribution in [0.3, 0.4) is 0 Å². The summed E-state index contributed by atoms with van der Waals surface area (Å²) in [5.41, 5.74) is 6.79. The van der Waals surface area contributed by atoms with Crippen molar-refractivity contribution in [2.75, 3.05) is 0 Å². The van der Waals surface area contributed by atoms with Crippen LogP contribution < -0.4 is 5.73 Å². The number of carbonyl (C=O) groups excluding carboxylic acids is 1. The van der Waals surface area contributed by atoms with Crippen molar-refractivity contribution in [3.8, 4) is 0 Å². The van der Waals surface area contributed by atoms with Gasteiger partial charge in [0.05, 0.1) is 17.8 Å². The third kappa shape index (κ3) is 2.55. The van der Waals surface area contributed by atoms with Gasteiger partial charge in [-0.1, -0.05) is 18.1 Å². The molecule has 1 amide bonds. The van der Waals surface area contributed by atoms with E-state index < -0.39 is 0 Å². The molecule has 15 heavy (non-hydrogen) atoms. The van der Waals surface area contributed by atoms with Crippen molar-refractivity contribution in [3.63, 3.8) is 0 Å². The Morgan fingerprint density at radius 2 is 2.33 bits per heavy atom. The molecule has 1 fully saturated rings. The van der Waals surface area contributed by atoms with E-state index in [0.29, 0.717) is 5.69 Å². The Bertz CT molecular complexity index is 367. The Morgan fingerprint density at radius 1 is 1.60 bits per heavy atom. The molecule has 1 aliphatic rings. The molecule has 0 aliphatic heterocycles. The predicted molar refractivity (Wildman–Crippen MR) is 55.0 cm³/mol. The van der Waals surface area contributed by atoms with Gasteiger partial charge >= 0.3 is 0 Å². The van der Waals surface area contributed by atoms with Crippen LogP contribution in [0.15, 0.2) is 0 Å². The maximum Gasteiger partial charge on any atom is 0.223 e. The second-order valence-electron chi connectivity index (χ2n) is 4.22. The zero-order valence-electron chi connectivity index (χ0n) is 8.94. The molecule has 0 unspecified atom stereocenters. The highest BCUT2D eigenvalue weighted by Crippen LogP contribution is 2.32. The summed E-state index contributed by atoms with van der Waals surface area (Å²) in [7, 11) is 0. The van der Waals surface area contributed by atoms with E-state index in [0.717, 1.165) is 18.2 Å². The molecule has 0 aromatic carbocycles. The zero-order valence-corrected chi connectivity index (χ0v) is 8.94. The number of rotatable bonds is 5. The molecule has 0 bridgehead atoms. The number of hydrogen-bond donors (Lipinski definition) is 1. The number of hydrogen-bond acceptors (Lipinski definition) is 3. The first-order chi connectivity index (χ1) is 7.16. The molecule has 5 heteroatoms. The first-order valence-corrected chi connectivity index (χ1v) is 5.34. The van der Waals surface area contributed by atoms with Gasteiger partial charge in [-0.3, -0.25) is 4.79 Å². The fourth-order valence-electron chi connectivity index (χ4n) is 1.65. The van der Waals surface area contributed by atoms with Gasteiger partial charge in [-0.05, 0) is 19.3 Å². The van der Waals surface area contributed by atoms with Crippen LogP contribution in [0.2, 0.25) is 0 Å². The van der Waals surface area contributed by atoms with Crippen LogP contribution in [0.4, 0.5) is 0 Å². The van der Waals surface area contributed by atoms with Crippen LogP contribution in [-0.4, -0.2) is 20.9 Å². The normalized spacial score (nSPS) is 15.5. The molecule has 1 aliphatic carbocycles. The first-order valence-electron chi connectivity index (χ1n) is 5.34. The molecule has 0 atom stereocenters. The van der Waals surface area contributed by atoms with Gasteiger partial charge in [-0.25, -0.2) is 4.68 Å². The van der Waals surface area contributed by atoms with Gasteiger partial charge < -0.3 is 5.73 Å². The quantitative estimate of drug-likeness (QED) is 0.761. The number of nitrogens with two attached hydrogens (primary N) is 1. The maximum atomic E-state index is 10.8. The van der Waals surface area contributed by atoms with Crippen molar-refractivity contribution in [2.24, 2.45) is 11.7 Å². The summed E-state index contributed by atoms with van der Waals surface area (Å²) >= 11 is 0. The minimum Gasteiger partial charge on any atom is -0.369 e. The molecule has 1 aromatic heterocycles. The Balaban J connectivity index is 1.98. The molecule has 0 spiro atoms. The Hall–Kier alpha value is -1.39. The molecule has 2 N–H and O–H groups in total. The van der Waals surface area contributed by atoms with Gasteiger partial charge in [-0.2, -0.15) is 0 Å². The van der Waals surface area contributed by atoms with E-state index in [4.69, 9.17) is 5.73 Å². The lowest BCUT2D eigenvalue weighted by molar-refractivity contribution is -0.117. The number of carbonyl (C=O) groups is 1. The van der Waals surface area contributed by atoms with E-state index in [2.05, 4.69) is 10.3 Å². The van der Waals surface area contributed by atoms with Crippen molar-refractivity contribution < 1.29 is 4.79 Å². The number of aryl methyl sites for hydroxylation is 1. The topological polar surface area (TPSA) is 73.8 Å². The van der Waals surface area contributed by atoms with Crippen LogP contribution in [0.25, 0.3) is 0 Å². The number of aromatic nitrogens is 3. The Labute approximate surface area is 88.6 Å². The number of amides is 1. The van der Waals surface area contributed by atoms with Gasteiger partial charge in [0.25, 0.3) is 0 Å². The van der Waals surface area contributed by atoms with Crippen molar-refractivity contribution in [3.05, 3.63) is 11.4 Å². The average molecular weight is 208 g/mol. The van der Waals surface area contributed by atoms with Crippen LogP contribution in [-0.2, 0) is 17.8 Å². The van der Waals surface area contributed by atoms with Crippen molar-refractivity contribution in [2.45, 2.75) is 39.2 Å². The number of nitrogens with zero attached hydrogens (tertiary/aromatic N) is 3. The van der Waals surface area contributed by atoms with Gasteiger partial charge in [0, 0.05) is 6.54 Å². The molecule has 2 rings (SSSR count). The van der Waals surface area contributed by atoms with Gasteiger partial charge in [0.1, 0.15) is 0 Å². The summed E-state index contributed by atoms with van der Waals surface area (Å²) in [6.45, 7) is 2.84. The summed E-state index contributed by atoms with van der Waals surface area (Å²) in [6.07, 6.45) is 4.05. The lowest BCUT2D eigenvalue weighted by Gasteiger charge is -2.01. The maximum absolute atomic E-state index is 10.8. The van der Waals surface area contributed by atoms with E-state index in [-0.39, 0.29) is 12.3 Å². The highest BCUT2D eigenvalue weighted by atomic mass is 16.1. The van der Waals surface area contributed by atoms with Crippen LogP contribution in [0, 0.1) is 12.8 Å². The molecule has 5 nitrogen and oxygen atoms in total. The smallest absolute Gasteiger partial charge is 0.223 e. The minimum atomic E-state index is -0.354. The Kier molecular flexibility index (Phi) is 2.70. The lowest BCUT2D eigenvalue weighted by Crippen LogP contribution is -2.14. The SMILES string of the molecule is Cc1c(CC(N)=O)nnn1CCC1CC1. The zero-order chi connectivity index (χ0) is 10.8. The largest absolute Gasteiger partial charge is 0.369 e. The predicted octanol–water partition coefficient (Wildman–Crippen LogP) is 0.414. The third-order valence-electron chi connectivity index (χ3n) is 2.87. The second-order valence-corrected chi connectivity index (χ2v) is 4.22. The van der Waals surface area contributed by atoms with Crippen LogP contribution in [0.5, 0.6) is 0 Å². The molecule has 0 saturated heterocycles. The van der Waals surface area contributed by atoms with Crippen molar-refractivity contribution in [1.82, 2.24) is 15.0 Å². The Morgan fingerprint density at radius 3 is 2.93 bits per heavy atom. The second kappa shape index (κ2) is 4.00. The lowest BCUT2D eigenvalue weighted by atomic mass is 10.2. The highest BCUT2D eigenvalue weighted by molar-refractivity contribution is 5.76. The average Bonchev–Trinajstić information content (AvgIpc) is 2.93. The highest BCUT2D eigenvalue weighted by Gasteiger charge is 2.21. The summed E-state index contributed by atoms with van der Waals surface area (Å²) in [6, 6.07) is 0. The summed E-state index contributed by atoms with van der Waals surface area (Å²) in [5, 5.41) is 7.99.